The van der Waals surface area contributed by atoms with Crippen molar-refractivity contribution in [2.75, 3.05) is 0 Å². The summed E-state index contributed by atoms with van der Waals surface area (Å²) in [4.78, 5) is 14.8. The molecular weight excluding hydrogens is 240 g/mol. The average Bonchev–Trinajstić information content (AvgIpc) is 2.86. The molecule has 98 valence electrons. The molecule has 19 heavy (non-hydrogen) atoms. The standard InChI is InChI=1S/C15H16N2O2/c1-2-3-14-16-10-11-17(14)13-7-4-12(5-8-13)6-9-15(18)19/h4-11H,2-3H2,1H3,(H,18,19). The lowest BCUT2D eigenvalue weighted by Crippen LogP contribution is -1.99. The number of carbonyl (C=O) groups is 1. The SMILES string of the molecule is CCCc1nccn1-c1ccc(C=CC(=O)O)cc1. The highest BCUT2D eigenvalue weighted by Gasteiger charge is 2.03. The van der Waals surface area contributed by atoms with Gasteiger partial charge in [-0.1, -0.05) is 19.1 Å². The molecule has 1 aromatic heterocycles. The van der Waals surface area contributed by atoms with Crippen molar-refractivity contribution in [1.29, 1.82) is 0 Å². The minimum Gasteiger partial charge on any atom is -0.478 e. The second-order valence-corrected chi connectivity index (χ2v) is 4.23. The van der Waals surface area contributed by atoms with Gasteiger partial charge in [0, 0.05) is 30.6 Å². The van der Waals surface area contributed by atoms with Crippen molar-refractivity contribution in [3.8, 4) is 5.69 Å². The van der Waals surface area contributed by atoms with Crippen molar-refractivity contribution in [1.82, 2.24) is 9.55 Å². The summed E-state index contributed by atoms with van der Waals surface area (Å²) in [7, 11) is 0. The van der Waals surface area contributed by atoms with Gasteiger partial charge < -0.3 is 9.67 Å². The van der Waals surface area contributed by atoms with Gasteiger partial charge >= 0.3 is 5.97 Å². The van der Waals surface area contributed by atoms with Crippen LogP contribution in [0.15, 0.2) is 42.7 Å². The summed E-state index contributed by atoms with van der Waals surface area (Å²) in [5, 5.41) is 8.58. The minimum absolute atomic E-state index is 0.864. The maximum Gasteiger partial charge on any atom is 0.328 e. The first-order chi connectivity index (χ1) is 9.20. The lowest BCUT2D eigenvalue weighted by Gasteiger charge is -2.07. The lowest BCUT2D eigenvalue weighted by atomic mass is 10.2. The molecule has 0 saturated heterocycles. The van der Waals surface area contributed by atoms with E-state index in [0.717, 1.165) is 36.0 Å². The second-order valence-electron chi connectivity index (χ2n) is 4.23. The zero-order valence-corrected chi connectivity index (χ0v) is 10.8. The Morgan fingerprint density at radius 2 is 2.11 bits per heavy atom. The lowest BCUT2D eigenvalue weighted by molar-refractivity contribution is -0.131. The van der Waals surface area contributed by atoms with Gasteiger partial charge in [-0.3, -0.25) is 0 Å². The smallest absolute Gasteiger partial charge is 0.328 e. The molecule has 0 atom stereocenters. The molecular formula is C15H16N2O2. The summed E-state index contributed by atoms with van der Waals surface area (Å²) in [5.74, 6) is 0.0975. The van der Waals surface area contributed by atoms with Gasteiger partial charge in [0.25, 0.3) is 0 Å². The third kappa shape index (κ3) is 3.31. The summed E-state index contributed by atoms with van der Waals surface area (Å²) in [6, 6.07) is 7.71. The van der Waals surface area contributed by atoms with Gasteiger partial charge in [0.15, 0.2) is 0 Å². The van der Waals surface area contributed by atoms with Crippen LogP contribution in [0.25, 0.3) is 11.8 Å². The third-order valence-electron chi connectivity index (χ3n) is 2.78. The maximum absolute atomic E-state index is 10.4. The molecule has 2 rings (SSSR count). The van der Waals surface area contributed by atoms with Crippen molar-refractivity contribution >= 4 is 12.0 Å². The molecule has 0 aliphatic rings. The van der Waals surface area contributed by atoms with E-state index in [1.165, 1.54) is 0 Å². The van der Waals surface area contributed by atoms with E-state index in [0.29, 0.717) is 0 Å². The predicted molar refractivity (Wildman–Crippen MR) is 74.2 cm³/mol. The van der Waals surface area contributed by atoms with Crippen molar-refractivity contribution in [2.24, 2.45) is 0 Å². The minimum atomic E-state index is -0.941. The van der Waals surface area contributed by atoms with Crippen molar-refractivity contribution in [3.05, 3.63) is 54.1 Å². The van der Waals surface area contributed by atoms with E-state index in [4.69, 9.17) is 5.11 Å². The zero-order chi connectivity index (χ0) is 13.7. The van der Waals surface area contributed by atoms with E-state index in [1.54, 1.807) is 12.3 Å². The molecule has 0 radical (unpaired) electrons. The fourth-order valence-corrected chi connectivity index (χ4v) is 1.89. The topological polar surface area (TPSA) is 55.1 Å². The first kappa shape index (κ1) is 13.1. The van der Waals surface area contributed by atoms with Gasteiger partial charge in [-0.25, -0.2) is 9.78 Å². The Hall–Kier alpha value is -2.36. The summed E-state index contributed by atoms with van der Waals surface area (Å²) in [6.07, 6.45) is 8.43. The van der Waals surface area contributed by atoms with Gasteiger partial charge in [-0.2, -0.15) is 0 Å². The molecule has 0 aliphatic carbocycles. The molecule has 0 unspecified atom stereocenters. The fourth-order valence-electron chi connectivity index (χ4n) is 1.89. The molecule has 2 aromatic rings. The summed E-state index contributed by atoms with van der Waals surface area (Å²) in [6.45, 7) is 2.12. The first-order valence-corrected chi connectivity index (χ1v) is 6.24. The van der Waals surface area contributed by atoms with Crippen LogP contribution < -0.4 is 0 Å². The highest BCUT2D eigenvalue weighted by molar-refractivity contribution is 5.85. The van der Waals surface area contributed by atoms with E-state index in [9.17, 15) is 4.79 Å². The van der Waals surface area contributed by atoms with Gasteiger partial charge in [-0.05, 0) is 30.2 Å². The van der Waals surface area contributed by atoms with Crippen LogP contribution in [-0.2, 0) is 11.2 Å². The van der Waals surface area contributed by atoms with E-state index in [-0.39, 0.29) is 0 Å². The summed E-state index contributed by atoms with van der Waals surface area (Å²) in [5.41, 5.74) is 1.90. The van der Waals surface area contributed by atoms with E-state index in [2.05, 4.69) is 11.9 Å². The molecule has 0 aliphatic heterocycles. The van der Waals surface area contributed by atoms with Crippen LogP contribution in [0.3, 0.4) is 0 Å². The number of aryl methyl sites for hydroxylation is 1. The number of rotatable bonds is 5. The van der Waals surface area contributed by atoms with Crippen LogP contribution in [-0.4, -0.2) is 20.6 Å². The first-order valence-electron chi connectivity index (χ1n) is 6.24. The summed E-state index contributed by atoms with van der Waals surface area (Å²) >= 11 is 0. The van der Waals surface area contributed by atoms with Gasteiger partial charge in [0.1, 0.15) is 5.82 Å². The van der Waals surface area contributed by atoms with Crippen LogP contribution in [0.1, 0.15) is 24.7 Å². The number of carboxylic acid groups (broad SMARTS) is 1. The van der Waals surface area contributed by atoms with Gasteiger partial charge in [-0.15, -0.1) is 0 Å². The molecule has 4 nitrogen and oxygen atoms in total. The number of nitrogens with zero attached hydrogens (tertiary/aromatic N) is 2. The van der Waals surface area contributed by atoms with Crippen LogP contribution in [0.2, 0.25) is 0 Å². The molecule has 4 heteroatoms. The average molecular weight is 256 g/mol. The van der Waals surface area contributed by atoms with Gasteiger partial charge in [0.2, 0.25) is 0 Å². The molecule has 0 amide bonds. The number of imidazole rings is 1. The molecule has 0 saturated carbocycles. The maximum atomic E-state index is 10.4. The van der Waals surface area contributed by atoms with E-state index < -0.39 is 5.97 Å². The zero-order valence-electron chi connectivity index (χ0n) is 10.8. The number of hydrogen-bond donors (Lipinski definition) is 1. The number of hydrogen-bond acceptors (Lipinski definition) is 2. The van der Waals surface area contributed by atoms with E-state index >= 15 is 0 Å². The number of aliphatic carboxylic acids is 1. The van der Waals surface area contributed by atoms with Crippen molar-refractivity contribution < 1.29 is 9.90 Å². The normalized spacial score (nSPS) is 11.0. The van der Waals surface area contributed by atoms with Crippen molar-refractivity contribution in [2.45, 2.75) is 19.8 Å². The van der Waals surface area contributed by atoms with Crippen LogP contribution in [0.4, 0.5) is 0 Å². The van der Waals surface area contributed by atoms with Gasteiger partial charge in [0.05, 0.1) is 0 Å². The Bertz CT molecular complexity index is 582. The number of benzene rings is 1. The highest BCUT2D eigenvalue weighted by Crippen LogP contribution is 2.14. The van der Waals surface area contributed by atoms with Crippen molar-refractivity contribution in [3.63, 3.8) is 0 Å². The quantitative estimate of drug-likeness (QED) is 0.837. The Kier molecular flexibility index (Phi) is 4.13. The molecule has 0 fully saturated rings. The fraction of sp³-hybridized carbons (Fsp3) is 0.200. The molecule has 0 spiro atoms. The summed E-state index contributed by atoms with van der Waals surface area (Å²) < 4.78 is 2.05. The third-order valence-corrected chi connectivity index (χ3v) is 2.78. The van der Waals surface area contributed by atoms with Crippen LogP contribution in [0.5, 0.6) is 0 Å². The molecule has 1 N–H and O–H groups in total. The molecule has 0 bridgehead atoms. The second kappa shape index (κ2) is 6.00. The van der Waals surface area contributed by atoms with E-state index in [1.807, 2.05) is 35.0 Å². The Labute approximate surface area is 112 Å². The Morgan fingerprint density at radius 1 is 1.37 bits per heavy atom. The van der Waals surface area contributed by atoms with Crippen LogP contribution >= 0.6 is 0 Å². The largest absolute Gasteiger partial charge is 0.478 e. The molecule has 1 heterocycles. The Morgan fingerprint density at radius 3 is 2.74 bits per heavy atom. The Balaban J connectivity index is 2.22. The highest BCUT2D eigenvalue weighted by atomic mass is 16.4. The predicted octanol–water partition coefficient (Wildman–Crippen LogP) is 2.92. The monoisotopic (exact) mass is 256 g/mol. The number of aromatic nitrogens is 2. The molecule has 1 aromatic carbocycles. The van der Waals surface area contributed by atoms with Crippen LogP contribution in [0, 0.1) is 0 Å². The number of carboxylic acids is 1.